The third-order valence-electron chi connectivity index (χ3n) is 5.38. The van der Waals surface area contributed by atoms with Gasteiger partial charge in [-0.3, -0.25) is 23.6 Å². The fraction of sp³-hybridized carbons (Fsp3) is 0.684. The molecule has 0 bridgehead atoms. The Balaban J connectivity index is 2.17. The predicted molar refractivity (Wildman–Crippen MR) is 104 cm³/mol. The number of rotatable bonds is 4. The van der Waals surface area contributed by atoms with Crippen molar-refractivity contribution in [3.8, 4) is 0 Å². The summed E-state index contributed by atoms with van der Waals surface area (Å²) in [6, 6.07) is 0. The van der Waals surface area contributed by atoms with Crippen molar-refractivity contribution in [3.63, 3.8) is 0 Å². The lowest BCUT2D eigenvalue weighted by molar-refractivity contribution is -0.126. The number of carbonyl (C=O) groups excluding carboxylic acids is 1. The molecule has 1 saturated heterocycles. The van der Waals surface area contributed by atoms with Crippen LogP contribution in [0.5, 0.6) is 0 Å². The lowest BCUT2D eigenvalue weighted by atomic mass is 9.91. The smallest absolute Gasteiger partial charge is 0.313 e. The highest BCUT2D eigenvalue weighted by Crippen LogP contribution is 2.20. The summed E-state index contributed by atoms with van der Waals surface area (Å²) >= 11 is 0. The highest BCUT2D eigenvalue weighted by Gasteiger charge is 2.27. The van der Waals surface area contributed by atoms with E-state index >= 15 is 0 Å². The van der Waals surface area contributed by atoms with Gasteiger partial charge in [-0.1, -0.05) is 27.2 Å². The van der Waals surface area contributed by atoms with Gasteiger partial charge >= 0.3 is 5.69 Å². The number of aromatic nitrogens is 4. The highest BCUT2D eigenvalue weighted by molar-refractivity contribution is 5.85. The zero-order valence-electron chi connectivity index (χ0n) is 16.9. The number of likely N-dealkylation sites (tertiary alicyclic amines) is 1. The van der Waals surface area contributed by atoms with Crippen LogP contribution in [-0.2, 0) is 32.0 Å². The maximum absolute atomic E-state index is 12.8. The van der Waals surface area contributed by atoms with Gasteiger partial charge in [0.2, 0.25) is 0 Å². The molecule has 0 saturated carbocycles. The van der Waals surface area contributed by atoms with Crippen molar-refractivity contribution in [2.24, 2.45) is 19.5 Å². The average Bonchev–Trinajstić information content (AvgIpc) is 2.96. The van der Waals surface area contributed by atoms with E-state index in [2.05, 4.69) is 9.88 Å². The molecule has 8 heteroatoms. The van der Waals surface area contributed by atoms with Crippen LogP contribution in [0.15, 0.2) is 9.59 Å². The number of aryl methyl sites for hydroxylation is 1. The van der Waals surface area contributed by atoms with Crippen LogP contribution < -0.4 is 11.2 Å². The number of ketones is 1. The molecule has 1 fully saturated rings. The Hall–Kier alpha value is -2.22. The fourth-order valence-corrected chi connectivity index (χ4v) is 3.48. The van der Waals surface area contributed by atoms with Crippen LogP contribution in [0.2, 0.25) is 0 Å². The summed E-state index contributed by atoms with van der Waals surface area (Å²) in [5, 5.41) is 0. The van der Waals surface area contributed by atoms with E-state index < -0.39 is 16.7 Å². The number of hydrogen-bond acceptors (Lipinski definition) is 5. The Morgan fingerprint density at radius 1 is 1.04 bits per heavy atom. The van der Waals surface area contributed by atoms with Crippen molar-refractivity contribution in [2.75, 3.05) is 13.1 Å². The second-order valence-corrected chi connectivity index (χ2v) is 8.50. The third-order valence-corrected chi connectivity index (χ3v) is 5.38. The summed E-state index contributed by atoms with van der Waals surface area (Å²) in [6.45, 7) is 8.21. The Labute approximate surface area is 158 Å². The lowest BCUT2D eigenvalue weighted by Crippen LogP contribution is -2.38. The van der Waals surface area contributed by atoms with Gasteiger partial charge in [-0.2, -0.15) is 0 Å². The van der Waals surface area contributed by atoms with E-state index in [4.69, 9.17) is 0 Å². The predicted octanol–water partition coefficient (Wildman–Crippen LogP) is 1.03. The third kappa shape index (κ3) is 3.63. The van der Waals surface area contributed by atoms with Gasteiger partial charge in [0.15, 0.2) is 16.9 Å². The molecule has 148 valence electrons. The topological polar surface area (TPSA) is 82.1 Å². The monoisotopic (exact) mass is 375 g/mol. The molecule has 0 unspecified atom stereocenters. The van der Waals surface area contributed by atoms with E-state index in [0.29, 0.717) is 23.5 Å². The molecule has 1 aliphatic heterocycles. The fourth-order valence-electron chi connectivity index (χ4n) is 3.48. The summed E-state index contributed by atoms with van der Waals surface area (Å²) in [4.78, 5) is 44.8. The van der Waals surface area contributed by atoms with Gasteiger partial charge < -0.3 is 4.57 Å². The molecule has 0 aromatic carbocycles. The standard InChI is InChI=1S/C19H29N5O3/c1-19(2,3)13(25)11-24-14(12-23-9-7-6-8-10-23)20-16-15(24)17(26)22(5)18(27)21(16)4/h6-12H2,1-5H3. The molecule has 0 amide bonds. The number of hydrogen-bond donors (Lipinski definition) is 0. The Kier molecular flexibility index (Phi) is 5.12. The quantitative estimate of drug-likeness (QED) is 0.797. The SMILES string of the molecule is Cn1c(=O)c2c(nc(CN3CCCCC3)n2CC(=O)C(C)(C)C)n(C)c1=O. The number of nitrogens with zero attached hydrogens (tertiary/aromatic N) is 5. The maximum Gasteiger partial charge on any atom is 0.332 e. The number of imidazole rings is 1. The van der Waals surface area contributed by atoms with Crippen molar-refractivity contribution in [1.82, 2.24) is 23.6 Å². The molecule has 2 aromatic heterocycles. The molecule has 0 spiro atoms. The Bertz CT molecular complexity index is 984. The first-order valence-corrected chi connectivity index (χ1v) is 9.52. The minimum Gasteiger partial charge on any atom is -0.313 e. The van der Waals surface area contributed by atoms with Crippen LogP contribution in [0, 0.1) is 5.41 Å². The number of Topliss-reactive ketones (excluding diaryl/α,β-unsaturated/α-hetero) is 1. The Morgan fingerprint density at radius 3 is 2.26 bits per heavy atom. The van der Waals surface area contributed by atoms with Gasteiger partial charge in [0.05, 0.1) is 13.1 Å². The molecular weight excluding hydrogens is 346 g/mol. The molecule has 2 aromatic rings. The van der Waals surface area contributed by atoms with E-state index in [0.717, 1.165) is 30.5 Å². The summed E-state index contributed by atoms with van der Waals surface area (Å²) in [5.41, 5.74) is -0.678. The zero-order valence-corrected chi connectivity index (χ0v) is 16.9. The highest BCUT2D eigenvalue weighted by atomic mass is 16.2. The van der Waals surface area contributed by atoms with Gasteiger partial charge in [-0.05, 0) is 25.9 Å². The minimum atomic E-state index is -0.523. The van der Waals surface area contributed by atoms with E-state index in [1.54, 1.807) is 11.6 Å². The van der Waals surface area contributed by atoms with E-state index in [9.17, 15) is 14.4 Å². The number of fused-ring (bicyclic) bond motifs is 1. The minimum absolute atomic E-state index is 0.0256. The van der Waals surface area contributed by atoms with Gasteiger partial charge in [-0.25, -0.2) is 9.78 Å². The molecule has 3 rings (SSSR count). The largest absolute Gasteiger partial charge is 0.332 e. The van der Waals surface area contributed by atoms with Gasteiger partial charge in [-0.15, -0.1) is 0 Å². The van der Waals surface area contributed by atoms with Crippen LogP contribution in [0.1, 0.15) is 45.9 Å². The molecule has 8 nitrogen and oxygen atoms in total. The first-order valence-electron chi connectivity index (χ1n) is 9.52. The van der Waals surface area contributed by atoms with Crippen LogP contribution in [0.4, 0.5) is 0 Å². The van der Waals surface area contributed by atoms with Crippen LogP contribution in [-0.4, -0.2) is 42.5 Å². The van der Waals surface area contributed by atoms with Crippen molar-refractivity contribution in [2.45, 2.75) is 53.1 Å². The van der Waals surface area contributed by atoms with Crippen molar-refractivity contribution >= 4 is 16.9 Å². The summed E-state index contributed by atoms with van der Waals surface area (Å²) < 4.78 is 4.18. The molecule has 27 heavy (non-hydrogen) atoms. The second kappa shape index (κ2) is 7.07. The summed E-state index contributed by atoms with van der Waals surface area (Å²) in [5.74, 6) is 0.695. The zero-order chi connectivity index (χ0) is 19.9. The lowest BCUT2D eigenvalue weighted by Gasteiger charge is -2.26. The second-order valence-electron chi connectivity index (χ2n) is 8.50. The molecule has 0 aliphatic carbocycles. The molecule has 3 heterocycles. The van der Waals surface area contributed by atoms with Crippen LogP contribution in [0.3, 0.4) is 0 Å². The first-order chi connectivity index (χ1) is 12.6. The Morgan fingerprint density at radius 2 is 1.67 bits per heavy atom. The normalized spacial score (nSPS) is 16.2. The van der Waals surface area contributed by atoms with Crippen LogP contribution >= 0.6 is 0 Å². The van der Waals surface area contributed by atoms with Gasteiger partial charge in [0, 0.05) is 19.5 Å². The maximum atomic E-state index is 12.8. The first kappa shape index (κ1) is 19.5. The molecule has 0 N–H and O–H groups in total. The van der Waals surface area contributed by atoms with E-state index in [1.165, 1.54) is 18.0 Å². The number of piperidine rings is 1. The van der Waals surface area contributed by atoms with Crippen molar-refractivity contribution in [3.05, 3.63) is 26.7 Å². The summed E-state index contributed by atoms with van der Waals surface area (Å²) in [7, 11) is 3.06. The van der Waals surface area contributed by atoms with Gasteiger partial charge in [0.1, 0.15) is 5.82 Å². The average molecular weight is 375 g/mol. The number of carbonyl (C=O) groups is 1. The van der Waals surface area contributed by atoms with Gasteiger partial charge in [0.25, 0.3) is 5.56 Å². The van der Waals surface area contributed by atoms with E-state index in [-0.39, 0.29) is 12.3 Å². The molecule has 0 atom stereocenters. The molecule has 0 radical (unpaired) electrons. The summed E-state index contributed by atoms with van der Waals surface area (Å²) in [6.07, 6.45) is 3.51. The van der Waals surface area contributed by atoms with E-state index in [1.807, 2.05) is 20.8 Å². The van der Waals surface area contributed by atoms with Crippen molar-refractivity contribution in [1.29, 1.82) is 0 Å². The van der Waals surface area contributed by atoms with Crippen molar-refractivity contribution < 1.29 is 4.79 Å². The molecule has 1 aliphatic rings. The van der Waals surface area contributed by atoms with Crippen LogP contribution in [0.25, 0.3) is 11.2 Å². The molecular formula is C19H29N5O3.